The summed E-state index contributed by atoms with van der Waals surface area (Å²) in [5, 5.41) is 0. The molecule has 0 unspecified atom stereocenters. The lowest BCUT2D eigenvalue weighted by Gasteiger charge is -2.04. The Morgan fingerprint density at radius 1 is 0.882 bits per heavy atom. The molecule has 0 spiro atoms. The second kappa shape index (κ2) is 6.03. The Balaban J connectivity index is 2.02. The molecule has 3 heteroatoms. The molecule has 0 N–H and O–H groups in total. The van der Waals surface area contributed by atoms with E-state index in [0.717, 1.165) is 5.75 Å². The van der Waals surface area contributed by atoms with E-state index in [-0.39, 0.29) is 0 Å². The summed E-state index contributed by atoms with van der Waals surface area (Å²) >= 11 is 0. The van der Waals surface area contributed by atoms with Crippen molar-refractivity contribution in [2.24, 2.45) is 0 Å². The van der Waals surface area contributed by atoms with E-state index in [2.05, 4.69) is 37.3 Å². The van der Waals surface area contributed by atoms with E-state index in [0.29, 0.717) is 0 Å². The first-order valence-electron chi connectivity index (χ1n) is 5.33. The molecular formula is C14H14OS2. The summed E-state index contributed by atoms with van der Waals surface area (Å²) in [5.74, 6) is 0.903. The number of rotatable bonds is 4. The fourth-order valence-corrected chi connectivity index (χ4v) is 3.47. The summed E-state index contributed by atoms with van der Waals surface area (Å²) in [4.78, 5) is 2.48. The zero-order valence-corrected chi connectivity index (χ0v) is 11.5. The third-order valence-corrected chi connectivity index (χ3v) is 4.65. The number of benzene rings is 2. The van der Waals surface area contributed by atoms with Crippen LogP contribution in [-0.2, 0) is 0 Å². The second-order valence-corrected chi connectivity index (χ2v) is 5.94. The molecule has 0 amide bonds. The van der Waals surface area contributed by atoms with E-state index in [9.17, 15) is 0 Å². The lowest BCUT2D eigenvalue weighted by Crippen LogP contribution is -1.81. The average Bonchev–Trinajstić information content (AvgIpc) is 2.37. The lowest BCUT2D eigenvalue weighted by atomic mass is 10.2. The molecule has 0 radical (unpaired) electrons. The van der Waals surface area contributed by atoms with E-state index in [1.807, 2.05) is 18.2 Å². The minimum absolute atomic E-state index is 0.903. The number of hydrogen-bond donors (Lipinski definition) is 0. The predicted molar refractivity (Wildman–Crippen MR) is 75.9 cm³/mol. The largest absolute Gasteiger partial charge is 0.497 e. The van der Waals surface area contributed by atoms with Crippen LogP contribution in [0.1, 0.15) is 5.56 Å². The fourth-order valence-electron chi connectivity index (χ4n) is 1.42. The number of methoxy groups -OCH3 is 1. The van der Waals surface area contributed by atoms with Crippen LogP contribution in [-0.4, -0.2) is 7.11 Å². The van der Waals surface area contributed by atoms with Gasteiger partial charge in [0.1, 0.15) is 5.75 Å². The zero-order valence-electron chi connectivity index (χ0n) is 9.84. The van der Waals surface area contributed by atoms with Gasteiger partial charge in [0, 0.05) is 9.79 Å². The first-order valence-corrected chi connectivity index (χ1v) is 7.48. The molecule has 0 aliphatic rings. The Morgan fingerprint density at radius 2 is 1.53 bits per heavy atom. The lowest BCUT2D eigenvalue weighted by molar-refractivity contribution is 0.413. The monoisotopic (exact) mass is 262 g/mol. The van der Waals surface area contributed by atoms with Gasteiger partial charge in [-0.3, -0.25) is 0 Å². The van der Waals surface area contributed by atoms with Crippen molar-refractivity contribution < 1.29 is 4.74 Å². The highest BCUT2D eigenvalue weighted by molar-refractivity contribution is 8.76. The van der Waals surface area contributed by atoms with Crippen molar-refractivity contribution in [1.29, 1.82) is 0 Å². The van der Waals surface area contributed by atoms with Crippen molar-refractivity contribution in [3.63, 3.8) is 0 Å². The summed E-state index contributed by atoms with van der Waals surface area (Å²) in [6.07, 6.45) is 0. The SMILES string of the molecule is COc1cccc(SSc2cccc(C)c2)c1. The molecular weight excluding hydrogens is 248 g/mol. The molecule has 2 aromatic rings. The summed E-state index contributed by atoms with van der Waals surface area (Å²) in [5.41, 5.74) is 1.29. The molecule has 0 saturated heterocycles. The highest BCUT2D eigenvalue weighted by atomic mass is 33.1. The van der Waals surface area contributed by atoms with Gasteiger partial charge in [-0.25, -0.2) is 0 Å². The third kappa shape index (κ3) is 3.72. The van der Waals surface area contributed by atoms with Crippen LogP contribution >= 0.6 is 21.6 Å². The average molecular weight is 262 g/mol. The van der Waals surface area contributed by atoms with E-state index in [1.165, 1.54) is 15.4 Å². The molecule has 0 aromatic heterocycles. The van der Waals surface area contributed by atoms with Gasteiger partial charge < -0.3 is 4.74 Å². The van der Waals surface area contributed by atoms with E-state index >= 15 is 0 Å². The Kier molecular flexibility index (Phi) is 4.40. The normalized spacial score (nSPS) is 10.2. The zero-order chi connectivity index (χ0) is 12.1. The van der Waals surface area contributed by atoms with Crippen LogP contribution in [0.4, 0.5) is 0 Å². The van der Waals surface area contributed by atoms with Gasteiger partial charge >= 0.3 is 0 Å². The maximum Gasteiger partial charge on any atom is 0.120 e. The van der Waals surface area contributed by atoms with Gasteiger partial charge in [0.05, 0.1) is 7.11 Å². The van der Waals surface area contributed by atoms with Crippen molar-refractivity contribution in [3.05, 3.63) is 54.1 Å². The van der Waals surface area contributed by atoms with Crippen LogP contribution in [0.15, 0.2) is 58.3 Å². The highest BCUT2D eigenvalue weighted by Gasteiger charge is 1.99. The van der Waals surface area contributed by atoms with Gasteiger partial charge in [-0.15, -0.1) is 0 Å². The van der Waals surface area contributed by atoms with Crippen LogP contribution in [0.5, 0.6) is 5.75 Å². The molecule has 2 aromatic carbocycles. The Morgan fingerprint density at radius 3 is 2.18 bits per heavy atom. The predicted octanol–water partition coefficient (Wildman–Crippen LogP) is 4.80. The maximum atomic E-state index is 5.20. The summed E-state index contributed by atoms with van der Waals surface area (Å²) in [6.45, 7) is 2.11. The van der Waals surface area contributed by atoms with Gasteiger partial charge in [-0.05, 0) is 42.8 Å². The van der Waals surface area contributed by atoms with Crippen LogP contribution in [0.25, 0.3) is 0 Å². The molecule has 0 aliphatic heterocycles. The molecule has 0 aliphatic carbocycles. The van der Waals surface area contributed by atoms with Gasteiger partial charge in [0.2, 0.25) is 0 Å². The van der Waals surface area contributed by atoms with Crippen molar-refractivity contribution in [1.82, 2.24) is 0 Å². The molecule has 0 bridgehead atoms. The van der Waals surface area contributed by atoms with Crippen LogP contribution in [0.3, 0.4) is 0 Å². The van der Waals surface area contributed by atoms with E-state index in [4.69, 9.17) is 4.74 Å². The number of ether oxygens (including phenoxy) is 1. The van der Waals surface area contributed by atoms with Gasteiger partial charge in [-0.1, -0.05) is 39.8 Å². The van der Waals surface area contributed by atoms with Gasteiger partial charge in [-0.2, -0.15) is 0 Å². The van der Waals surface area contributed by atoms with Crippen LogP contribution in [0.2, 0.25) is 0 Å². The van der Waals surface area contributed by atoms with Crippen molar-refractivity contribution >= 4 is 21.6 Å². The van der Waals surface area contributed by atoms with Crippen molar-refractivity contribution in [2.75, 3.05) is 7.11 Å². The highest BCUT2D eigenvalue weighted by Crippen LogP contribution is 2.38. The van der Waals surface area contributed by atoms with Crippen LogP contribution in [0, 0.1) is 6.92 Å². The Bertz CT molecular complexity index is 497. The van der Waals surface area contributed by atoms with Crippen molar-refractivity contribution in [3.8, 4) is 5.75 Å². The number of hydrogen-bond acceptors (Lipinski definition) is 3. The van der Waals surface area contributed by atoms with E-state index in [1.54, 1.807) is 28.7 Å². The first kappa shape index (κ1) is 12.4. The molecule has 0 heterocycles. The smallest absolute Gasteiger partial charge is 0.120 e. The molecule has 1 nitrogen and oxygen atoms in total. The van der Waals surface area contributed by atoms with E-state index < -0.39 is 0 Å². The summed E-state index contributed by atoms with van der Waals surface area (Å²) < 4.78 is 5.20. The standard InChI is InChI=1S/C14H14OS2/c1-11-5-3-7-13(9-11)16-17-14-8-4-6-12(10-14)15-2/h3-10H,1-2H3. The Hall–Kier alpha value is -1.06. The quantitative estimate of drug-likeness (QED) is 0.732. The summed E-state index contributed by atoms with van der Waals surface area (Å²) in [7, 11) is 5.21. The Labute approximate surface area is 110 Å². The second-order valence-electron chi connectivity index (χ2n) is 3.66. The van der Waals surface area contributed by atoms with Gasteiger partial charge in [0.15, 0.2) is 0 Å². The minimum Gasteiger partial charge on any atom is -0.497 e. The fraction of sp³-hybridized carbons (Fsp3) is 0.143. The number of aryl methyl sites for hydroxylation is 1. The van der Waals surface area contributed by atoms with Crippen LogP contribution < -0.4 is 4.74 Å². The molecule has 0 atom stereocenters. The van der Waals surface area contributed by atoms with Gasteiger partial charge in [0.25, 0.3) is 0 Å². The molecule has 0 fully saturated rings. The topological polar surface area (TPSA) is 9.23 Å². The third-order valence-electron chi connectivity index (χ3n) is 2.26. The van der Waals surface area contributed by atoms with Crippen molar-refractivity contribution in [2.45, 2.75) is 16.7 Å². The molecule has 17 heavy (non-hydrogen) atoms. The summed E-state index contributed by atoms with van der Waals surface area (Å²) in [6, 6.07) is 16.6. The maximum absolute atomic E-state index is 5.20. The first-order chi connectivity index (χ1) is 8.28. The minimum atomic E-state index is 0.903. The molecule has 88 valence electrons. The molecule has 0 saturated carbocycles. The molecule has 2 rings (SSSR count).